The number of nitrogens with zero attached hydrogens (tertiary/aromatic N) is 2. The number of carbonyl (C=O) groups is 1. The molecule has 0 aromatic carbocycles. The number of hydrogen-bond acceptors (Lipinski definition) is 4. The molecule has 2 aromatic heterocycles. The van der Waals surface area contributed by atoms with Crippen molar-refractivity contribution in [2.75, 3.05) is 19.6 Å². The molecular formula is C16H21N5O. The maximum atomic E-state index is 12.1. The first-order valence-electron chi connectivity index (χ1n) is 7.77. The molecule has 3 heterocycles. The standard InChI is InChI=1S/C16H21N5O/c22-16(18-8-5-12-3-6-17-7-4-12)15-2-1-13(9-19-15)14-10-20-21-11-14/h1-2,9-12,17H,3-8H2,(H,18,22)(H,20,21). The lowest BCUT2D eigenvalue weighted by Crippen LogP contribution is -2.31. The first-order chi connectivity index (χ1) is 10.8. The van der Waals surface area contributed by atoms with Crippen LogP contribution in [-0.2, 0) is 0 Å². The fourth-order valence-electron chi connectivity index (χ4n) is 2.76. The molecule has 3 N–H and O–H groups in total. The third-order valence-electron chi connectivity index (χ3n) is 4.12. The molecule has 1 amide bonds. The molecule has 22 heavy (non-hydrogen) atoms. The molecule has 0 radical (unpaired) electrons. The normalized spacial score (nSPS) is 15.6. The third kappa shape index (κ3) is 3.71. The molecule has 0 atom stereocenters. The van der Waals surface area contributed by atoms with Gasteiger partial charge in [-0.3, -0.25) is 14.9 Å². The van der Waals surface area contributed by atoms with Crippen LogP contribution in [0, 0.1) is 5.92 Å². The highest BCUT2D eigenvalue weighted by Crippen LogP contribution is 2.17. The van der Waals surface area contributed by atoms with Gasteiger partial charge in [-0.1, -0.05) is 6.07 Å². The highest BCUT2D eigenvalue weighted by atomic mass is 16.1. The molecule has 1 aliphatic heterocycles. The van der Waals surface area contributed by atoms with Gasteiger partial charge >= 0.3 is 0 Å². The molecule has 1 fully saturated rings. The molecule has 0 unspecified atom stereocenters. The van der Waals surface area contributed by atoms with E-state index in [0.717, 1.165) is 36.6 Å². The Morgan fingerprint density at radius 1 is 1.23 bits per heavy atom. The van der Waals surface area contributed by atoms with Crippen molar-refractivity contribution in [1.29, 1.82) is 0 Å². The van der Waals surface area contributed by atoms with Crippen molar-refractivity contribution in [1.82, 2.24) is 25.8 Å². The average molecular weight is 299 g/mol. The molecule has 116 valence electrons. The largest absolute Gasteiger partial charge is 0.351 e. The van der Waals surface area contributed by atoms with E-state index in [4.69, 9.17) is 0 Å². The van der Waals surface area contributed by atoms with Gasteiger partial charge in [-0.05, 0) is 44.3 Å². The van der Waals surface area contributed by atoms with Crippen molar-refractivity contribution >= 4 is 5.91 Å². The van der Waals surface area contributed by atoms with Crippen LogP contribution in [0.2, 0.25) is 0 Å². The number of aromatic nitrogens is 3. The Bertz CT molecular complexity index is 588. The topological polar surface area (TPSA) is 82.7 Å². The number of aromatic amines is 1. The lowest BCUT2D eigenvalue weighted by Gasteiger charge is -2.22. The highest BCUT2D eigenvalue weighted by Gasteiger charge is 2.13. The zero-order chi connectivity index (χ0) is 15.2. The number of rotatable bonds is 5. The first kappa shape index (κ1) is 14.7. The van der Waals surface area contributed by atoms with E-state index in [2.05, 4.69) is 25.8 Å². The van der Waals surface area contributed by atoms with Crippen LogP contribution < -0.4 is 10.6 Å². The number of pyridine rings is 1. The summed E-state index contributed by atoms with van der Waals surface area (Å²) in [5.74, 6) is 0.616. The molecule has 0 saturated carbocycles. The number of nitrogens with one attached hydrogen (secondary N) is 3. The van der Waals surface area contributed by atoms with Crippen molar-refractivity contribution in [3.8, 4) is 11.1 Å². The minimum atomic E-state index is -0.104. The van der Waals surface area contributed by atoms with E-state index in [9.17, 15) is 4.79 Å². The van der Waals surface area contributed by atoms with E-state index in [1.54, 1.807) is 24.7 Å². The lowest BCUT2D eigenvalue weighted by atomic mass is 9.95. The number of carbonyl (C=O) groups excluding carboxylic acids is 1. The van der Waals surface area contributed by atoms with Crippen molar-refractivity contribution in [2.24, 2.45) is 5.92 Å². The van der Waals surface area contributed by atoms with E-state index in [0.29, 0.717) is 12.2 Å². The Balaban J connectivity index is 1.49. The quantitative estimate of drug-likeness (QED) is 0.783. The van der Waals surface area contributed by atoms with Gasteiger partial charge in [-0.15, -0.1) is 0 Å². The molecule has 0 aliphatic carbocycles. The second-order valence-electron chi connectivity index (χ2n) is 5.66. The van der Waals surface area contributed by atoms with Gasteiger partial charge in [0.05, 0.1) is 6.20 Å². The van der Waals surface area contributed by atoms with Gasteiger partial charge in [0.25, 0.3) is 5.91 Å². The zero-order valence-corrected chi connectivity index (χ0v) is 12.5. The molecule has 0 spiro atoms. The summed E-state index contributed by atoms with van der Waals surface area (Å²) in [6.45, 7) is 2.90. The van der Waals surface area contributed by atoms with Crippen LogP contribution in [-0.4, -0.2) is 40.7 Å². The number of amides is 1. The predicted molar refractivity (Wildman–Crippen MR) is 84.4 cm³/mol. The summed E-state index contributed by atoms with van der Waals surface area (Å²) in [6, 6.07) is 3.64. The van der Waals surface area contributed by atoms with E-state index < -0.39 is 0 Å². The molecule has 1 saturated heterocycles. The van der Waals surface area contributed by atoms with Crippen molar-refractivity contribution in [3.63, 3.8) is 0 Å². The number of H-pyrrole nitrogens is 1. The molecule has 0 bridgehead atoms. The summed E-state index contributed by atoms with van der Waals surface area (Å²) < 4.78 is 0. The van der Waals surface area contributed by atoms with Gasteiger partial charge in [0.2, 0.25) is 0 Å². The van der Waals surface area contributed by atoms with Gasteiger partial charge in [0.15, 0.2) is 0 Å². The van der Waals surface area contributed by atoms with Gasteiger partial charge in [-0.25, -0.2) is 0 Å². The fourth-order valence-corrected chi connectivity index (χ4v) is 2.76. The monoisotopic (exact) mass is 299 g/mol. The Hall–Kier alpha value is -2.21. The van der Waals surface area contributed by atoms with Crippen molar-refractivity contribution in [2.45, 2.75) is 19.3 Å². The molecule has 2 aromatic rings. The maximum absolute atomic E-state index is 12.1. The van der Waals surface area contributed by atoms with Crippen LogP contribution in [0.4, 0.5) is 0 Å². The van der Waals surface area contributed by atoms with Crippen molar-refractivity contribution in [3.05, 3.63) is 36.4 Å². The smallest absolute Gasteiger partial charge is 0.269 e. The van der Waals surface area contributed by atoms with E-state index in [-0.39, 0.29) is 5.91 Å². The Morgan fingerprint density at radius 3 is 2.77 bits per heavy atom. The number of piperidine rings is 1. The Labute approximate surface area is 129 Å². The average Bonchev–Trinajstić information content (AvgIpc) is 3.10. The summed E-state index contributed by atoms with van der Waals surface area (Å²) in [5, 5.41) is 13.0. The summed E-state index contributed by atoms with van der Waals surface area (Å²) in [5.41, 5.74) is 2.36. The Kier molecular flexibility index (Phi) is 4.80. The summed E-state index contributed by atoms with van der Waals surface area (Å²) >= 11 is 0. The molecule has 6 heteroatoms. The van der Waals surface area contributed by atoms with Gasteiger partial charge < -0.3 is 10.6 Å². The third-order valence-corrected chi connectivity index (χ3v) is 4.12. The van der Waals surface area contributed by atoms with Crippen LogP contribution >= 0.6 is 0 Å². The minimum Gasteiger partial charge on any atom is -0.351 e. The molecule has 1 aliphatic rings. The number of hydrogen-bond donors (Lipinski definition) is 3. The van der Waals surface area contributed by atoms with E-state index in [1.807, 2.05) is 6.07 Å². The lowest BCUT2D eigenvalue weighted by molar-refractivity contribution is 0.0945. The Morgan fingerprint density at radius 2 is 2.09 bits per heavy atom. The predicted octanol–water partition coefficient (Wildman–Crippen LogP) is 1.59. The van der Waals surface area contributed by atoms with E-state index in [1.165, 1.54) is 12.8 Å². The van der Waals surface area contributed by atoms with Gasteiger partial charge in [0.1, 0.15) is 5.69 Å². The second kappa shape index (κ2) is 7.17. The minimum absolute atomic E-state index is 0.104. The molecule has 6 nitrogen and oxygen atoms in total. The molecular weight excluding hydrogens is 278 g/mol. The van der Waals surface area contributed by atoms with Gasteiger partial charge in [0, 0.05) is 30.1 Å². The van der Waals surface area contributed by atoms with Gasteiger partial charge in [-0.2, -0.15) is 5.10 Å². The molecule has 3 rings (SSSR count). The van der Waals surface area contributed by atoms with Crippen molar-refractivity contribution < 1.29 is 4.79 Å². The van der Waals surface area contributed by atoms with Crippen LogP contribution in [0.5, 0.6) is 0 Å². The van der Waals surface area contributed by atoms with Crippen LogP contribution in [0.25, 0.3) is 11.1 Å². The zero-order valence-electron chi connectivity index (χ0n) is 12.5. The maximum Gasteiger partial charge on any atom is 0.269 e. The van der Waals surface area contributed by atoms with Crippen LogP contribution in [0.15, 0.2) is 30.7 Å². The fraction of sp³-hybridized carbons (Fsp3) is 0.438. The summed E-state index contributed by atoms with van der Waals surface area (Å²) in [6.07, 6.45) is 8.68. The van der Waals surface area contributed by atoms with Crippen LogP contribution in [0.1, 0.15) is 29.8 Å². The second-order valence-corrected chi connectivity index (χ2v) is 5.66. The van der Waals surface area contributed by atoms with E-state index >= 15 is 0 Å². The summed E-state index contributed by atoms with van der Waals surface area (Å²) in [7, 11) is 0. The highest BCUT2D eigenvalue weighted by molar-refractivity contribution is 5.92. The summed E-state index contributed by atoms with van der Waals surface area (Å²) in [4.78, 5) is 16.3. The van der Waals surface area contributed by atoms with Crippen LogP contribution in [0.3, 0.4) is 0 Å². The SMILES string of the molecule is O=C(NCCC1CCNCC1)c1ccc(-c2cn[nH]c2)cn1. The first-order valence-corrected chi connectivity index (χ1v) is 7.77.